The van der Waals surface area contributed by atoms with E-state index in [1.807, 2.05) is 19.1 Å². The topological polar surface area (TPSA) is 63.1 Å². The lowest BCUT2D eigenvalue weighted by Gasteiger charge is -2.30. The van der Waals surface area contributed by atoms with Gasteiger partial charge in [0.25, 0.3) is 0 Å². The van der Waals surface area contributed by atoms with Crippen LogP contribution in [0, 0.1) is 33.6 Å². The van der Waals surface area contributed by atoms with E-state index < -0.39 is 0 Å². The molecular formula is C22H27N5OS. The van der Waals surface area contributed by atoms with Crippen molar-refractivity contribution in [3.63, 3.8) is 0 Å². The molecule has 1 fully saturated rings. The molecule has 0 bridgehead atoms. The molecular weight excluding hydrogens is 382 g/mol. The molecule has 1 aliphatic rings. The molecule has 6 nitrogen and oxygen atoms in total. The number of benzene rings is 1. The highest BCUT2D eigenvalue weighted by atomic mass is 32.1. The predicted molar refractivity (Wildman–Crippen MR) is 118 cm³/mol. The summed E-state index contributed by atoms with van der Waals surface area (Å²) in [5, 5.41) is 13.7. The number of aryl methyl sites for hydroxylation is 4. The number of nitrogens with one attached hydrogen (secondary N) is 1. The van der Waals surface area contributed by atoms with Crippen molar-refractivity contribution in [2.24, 2.45) is 5.92 Å². The minimum absolute atomic E-state index is 0.0354. The number of carbonyl (C=O) groups is 1. The van der Waals surface area contributed by atoms with E-state index in [-0.39, 0.29) is 11.8 Å². The van der Waals surface area contributed by atoms with Gasteiger partial charge in [0.15, 0.2) is 0 Å². The van der Waals surface area contributed by atoms with E-state index >= 15 is 0 Å². The minimum atomic E-state index is 0.0354. The zero-order valence-electron chi connectivity index (χ0n) is 17.4. The quantitative estimate of drug-likeness (QED) is 0.693. The van der Waals surface area contributed by atoms with E-state index in [4.69, 9.17) is 0 Å². The molecule has 0 unspecified atom stereocenters. The standard InChI is InChI=1S/C22H27N5OS/c1-14-5-8-19(15(2)13-14)23-20(28)18-9-11-26(12-10-18)21-24-25-22(29-21)27-16(3)6-7-17(27)4/h5-8,13,18H,9-12H2,1-4H3,(H,23,28). The first-order valence-electron chi connectivity index (χ1n) is 10.0. The molecule has 1 amide bonds. The molecule has 3 heterocycles. The van der Waals surface area contributed by atoms with Gasteiger partial charge in [0.2, 0.25) is 16.2 Å². The first-order valence-corrected chi connectivity index (χ1v) is 10.9. The fourth-order valence-electron chi connectivity index (χ4n) is 3.92. The molecule has 1 saturated heterocycles. The second kappa shape index (κ2) is 7.99. The molecule has 0 aliphatic carbocycles. The molecule has 0 spiro atoms. The van der Waals surface area contributed by atoms with Crippen molar-refractivity contribution in [1.82, 2.24) is 14.8 Å². The van der Waals surface area contributed by atoms with E-state index in [1.54, 1.807) is 11.3 Å². The Hall–Kier alpha value is -2.67. The van der Waals surface area contributed by atoms with Crippen LogP contribution in [0.4, 0.5) is 10.8 Å². The molecule has 29 heavy (non-hydrogen) atoms. The number of amides is 1. The van der Waals surface area contributed by atoms with E-state index in [0.29, 0.717) is 0 Å². The van der Waals surface area contributed by atoms with Gasteiger partial charge in [-0.05, 0) is 64.3 Å². The van der Waals surface area contributed by atoms with Crippen LogP contribution in [0.15, 0.2) is 30.3 Å². The van der Waals surface area contributed by atoms with Gasteiger partial charge in [0.1, 0.15) is 0 Å². The Morgan fingerprint density at radius 2 is 1.66 bits per heavy atom. The van der Waals surface area contributed by atoms with Gasteiger partial charge in [0.05, 0.1) is 0 Å². The van der Waals surface area contributed by atoms with Crippen LogP contribution in [-0.2, 0) is 4.79 Å². The van der Waals surface area contributed by atoms with Gasteiger partial charge in [-0.2, -0.15) is 0 Å². The second-order valence-electron chi connectivity index (χ2n) is 7.89. The Bertz CT molecular complexity index is 1010. The van der Waals surface area contributed by atoms with Crippen molar-refractivity contribution in [2.75, 3.05) is 23.3 Å². The molecule has 152 valence electrons. The van der Waals surface area contributed by atoms with E-state index in [2.05, 4.69) is 64.0 Å². The fraction of sp³-hybridized carbons (Fsp3) is 0.409. The zero-order valence-corrected chi connectivity index (χ0v) is 18.2. The number of piperidine rings is 1. The van der Waals surface area contributed by atoms with Gasteiger partial charge in [-0.15, -0.1) is 10.2 Å². The summed E-state index contributed by atoms with van der Waals surface area (Å²) in [6.07, 6.45) is 1.65. The number of hydrogen-bond donors (Lipinski definition) is 1. The lowest BCUT2D eigenvalue weighted by molar-refractivity contribution is -0.120. The number of carbonyl (C=O) groups excluding carboxylic acids is 1. The number of hydrogen-bond acceptors (Lipinski definition) is 5. The maximum Gasteiger partial charge on any atom is 0.227 e. The highest BCUT2D eigenvalue weighted by Crippen LogP contribution is 2.30. The highest BCUT2D eigenvalue weighted by molar-refractivity contribution is 7.17. The Morgan fingerprint density at radius 1 is 1.00 bits per heavy atom. The largest absolute Gasteiger partial charge is 0.347 e. The Morgan fingerprint density at radius 3 is 2.31 bits per heavy atom. The summed E-state index contributed by atoms with van der Waals surface area (Å²) in [5.74, 6) is 0.154. The minimum Gasteiger partial charge on any atom is -0.347 e. The van der Waals surface area contributed by atoms with Crippen LogP contribution in [0.3, 0.4) is 0 Å². The average Bonchev–Trinajstić information content (AvgIpc) is 3.30. The molecule has 1 N–H and O–H groups in total. The number of nitrogens with zero attached hydrogens (tertiary/aromatic N) is 4. The molecule has 4 rings (SSSR count). The third-order valence-electron chi connectivity index (χ3n) is 5.64. The van der Waals surface area contributed by atoms with Crippen LogP contribution < -0.4 is 10.2 Å². The van der Waals surface area contributed by atoms with E-state index in [1.165, 1.54) is 5.56 Å². The van der Waals surface area contributed by atoms with Crippen LogP contribution in [0.5, 0.6) is 0 Å². The molecule has 0 radical (unpaired) electrons. The predicted octanol–water partition coefficient (Wildman–Crippen LogP) is 4.42. The molecule has 1 aromatic carbocycles. The molecule has 2 aromatic heterocycles. The third kappa shape index (κ3) is 4.05. The van der Waals surface area contributed by atoms with Crippen molar-refractivity contribution in [3.05, 3.63) is 52.8 Å². The lowest BCUT2D eigenvalue weighted by Crippen LogP contribution is -2.38. The monoisotopic (exact) mass is 409 g/mol. The van der Waals surface area contributed by atoms with Crippen LogP contribution in [-0.4, -0.2) is 33.8 Å². The summed E-state index contributed by atoms with van der Waals surface area (Å²) in [7, 11) is 0. The smallest absolute Gasteiger partial charge is 0.227 e. The van der Waals surface area contributed by atoms with Crippen LogP contribution in [0.25, 0.3) is 5.13 Å². The summed E-state index contributed by atoms with van der Waals surface area (Å²) < 4.78 is 2.13. The van der Waals surface area contributed by atoms with Gasteiger partial charge in [-0.1, -0.05) is 29.0 Å². The summed E-state index contributed by atoms with van der Waals surface area (Å²) in [5.41, 5.74) is 5.54. The van der Waals surface area contributed by atoms with Crippen molar-refractivity contribution >= 4 is 28.1 Å². The maximum absolute atomic E-state index is 12.7. The first kappa shape index (κ1) is 19.6. The molecule has 1 aliphatic heterocycles. The molecule has 3 aromatic rings. The van der Waals surface area contributed by atoms with Crippen LogP contribution in [0.2, 0.25) is 0 Å². The SMILES string of the molecule is Cc1ccc(NC(=O)C2CCN(c3nnc(-n4c(C)ccc4C)s3)CC2)c(C)c1. The van der Waals surface area contributed by atoms with E-state index in [9.17, 15) is 4.79 Å². The number of aromatic nitrogens is 3. The zero-order chi connectivity index (χ0) is 20.5. The van der Waals surface area contributed by atoms with Gasteiger partial charge >= 0.3 is 0 Å². The normalized spacial score (nSPS) is 15.0. The fourth-order valence-corrected chi connectivity index (χ4v) is 4.94. The van der Waals surface area contributed by atoms with Gasteiger partial charge in [0, 0.05) is 36.1 Å². The Balaban J connectivity index is 1.38. The number of rotatable bonds is 4. The van der Waals surface area contributed by atoms with Crippen LogP contribution >= 0.6 is 11.3 Å². The van der Waals surface area contributed by atoms with Crippen molar-refractivity contribution in [2.45, 2.75) is 40.5 Å². The molecule has 0 saturated carbocycles. The summed E-state index contributed by atoms with van der Waals surface area (Å²) >= 11 is 1.61. The van der Waals surface area contributed by atoms with Gasteiger partial charge in [-0.25, -0.2) is 0 Å². The molecule has 7 heteroatoms. The van der Waals surface area contributed by atoms with Gasteiger partial charge in [-0.3, -0.25) is 9.36 Å². The van der Waals surface area contributed by atoms with E-state index in [0.717, 1.165) is 58.8 Å². The van der Waals surface area contributed by atoms with Crippen LogP contribution in [0.1, 0.15) is 35.4 Å². The third-order valence-corrected chi connectivity index (χ3v) is 6.61. The summed E-state index contributed by atoms with van der Waals surface area (Å²) in [4.78, 5) is 15.0. The Labute approximate surface area is 175 Å². The van der Waals surface area contributed by atoms with Gasteiger partial charge < -0.3 is 10.2 Å². The maximum atomic E-state index is 12.7. The first-order chi connectivity index (χ1) is 13.9. The average molecular weight is 410 g/mol. The van der Waals surface area contributed by atoms with Crippen molar-refractivity contribution in [3.8, 4) is 5.13 Å². The highest BCUT2D eigenvalue weighted by Gasteiger charge is 2.27. The molecule has 0 atom stereocenters. The second-order valence-corrected chi connectivity index (χ2v) is 8.82. The Kier molecular flexibility index (Phi) is 5.41. The van der Waals surface area contributed by atoms with Crippen molar-refractivity contribution in [1.29, 1.82) is 0 Å². The summed E-state index contributed by atoms with van der Waals surface area (Å²) in [6, 6.07) is 10.3. The lowest BCUT2D eigenvalue weighted by atomic mass is 9.96. The summed E-state index contributed by atoms with van der Waals surface area (Å²) in [6.45, 7) is 9.90. The van der Waals surface area contributed by atoms with Crippen molar-refractivity contribution < 1.29 is 4.79 Å². The number of anilines is 2.